The predicted molar refractivity (Wildman–Crippen MR) is 60.7 cm³/mol. The molecule has 1 fully saturated rings. The average molecular weight is 213 g/mol. The van der Waals surface area contributed by atoms with Gasteiger partial charge in [0.25, 0.3) is 0 Å². The summed E-state index contributed by atoms with van der Waals surface area (Å²) in [6, 6.07) is 0.0601. The molecule has 0 saturated carbocycles. The van der Waals surface area contributed by atoms with Gasteiger partial charge in [-0.15, -0.1) is 0 Å². The zero-order valence-electron chi connectivity index (χ0n) is 10.1. The molecule has 0 radical (unpaired) electrons. The summed E-state index contributed by atoms with van der Waals surface area (Å²) in [5.74, 6) is 0.746. The molecule has 0 aromatic carbocycles. The molecule has 1 saturated heterocycles. The molecule has 0 amide bonds. The minimum atomic E-state index is -0.204. The van der Waals surface area contributed by atoms with Gasteiger partial charge in [-0.25, -0.2) is 0 Å². The number of aliphatic hydroxyl groups is 1. The van der Waals surface area contributed by atoms with Gasteiger partial charge in [0.2, 0.25) is 0 Å². The van der Waals surface area contributed by atoms with Crippen LogP contribution in [-0.4, -0.2) is 41.0 Å². The van der Waals surface area contributed by atoms with Crippen LogP contribution >= 0.6 is 0 Å². The number of piperidine rings is 1. The Morgan fingerprint density at radius 3 is 2.33 bits per heavy atom. The van der Waals surface area contributed by atoms with Crippen LogP contribution in [0.15, 0.2) is 0 Å². The molecule has 0 bridgehead atoms. The summed E-state index contributed by atoms with van der Waals surface area (Å²) in [6.45, 7) is 7.67. The SMILES string of the molecule is CCC(=O)C(C)N1CCC(C(C)O)CC1. The third-order valence-electron chi connectivity index (χ3n) is 3.62. The zero-order chi connectivity index (χ0) is 11.4. The van der Waals surface area contributed by atoms with Gasteiger partial charge in [0.15, 0.2) is 0 Å². The van der Waals surface area contributed by atoms with Gasteiger partial charge in [0, 0.05) is 6.42 Å². The Morgan fingerprint density at radius 1 is 1.40 bits per heavy atom. The first kappa shape index (κ1) is 12.7. The van der Waals surface area contributed by atoms with E-state index in [0.29, 0.717) is 18.1 Å². The second-order valence-electron chi connectivity index (χ2n) is 4.61. The molecule has 0 spiro atoms. The number of Topliss-reactive ketones (excluding diaryl/α,β-unsaturated/α-hetero) is 1. The first-order valence-corrected chi connectivity index (χ1v) is 6.01. The molecule has 88 valence electrons. The van der Waals surface area contributed by atoms with Crippen LogP contribution in [0.25, 0.3) is 0 Å². The van der Waals surface area contributed by atoms with Crippen molar-refractivity contribution in [2.75, 3.05) is 13.1 Å². The van der Waals surface area contributed by atoms with E-state index in [0.717, 1.165) is 25.9 Å². The molecule has 15 heavy (non-hydrogen) atoms. The quantitative estimate of drug-likeness (QED) is 0.768. The molecule has 1 rings (SSSR count). The van der Waals surface area contributed by atoms with Crippen molar-refractivity contribution >= 4 is 5.78 Å². The molecule has 2 unspecified atom stereocenters. The summed E-state index contributed by atoms with van der Waals surface area (Å²) in [4.78, 5) is 13.8. The van der Waals surface area contributed by atoms with Crippen molar-refractivity contribution in [1.29, 1.82) is 0 Å². The number of hydrogen-bond acceptors (Lipinski definition) is 3. The van der Waals surface area contributed by atoms with E-state index in [4.69, 9.17) is 0 Å². The fourth-order valence-corrected chi connectivity index (χ4v) is 2.29. The van der Waals surface area contributed by atoms with E-state index < -0.39 is 0 Å². The van der Waals surface area contributed by atoms with Crippen molar-refractivity contribution in [2.45, 2.75) is 52.2 Å². The first-order valence-electron chi connectivity index (χ1n) is 6.01. The average Bonchev–Trinajstić information content (AvgIpc) is 2.27. The Morgan fingerprint density at radius 2 is 1.93 bits per heavy atom. The van der Waals surface area contributed by atoms with Gasteiger partial charge < -0.3 is 5.11 Å². The fourth-order valence-electron chi connectivity index (χ4n) is 2.29. The summed E-state index contributed by atoms with van der Waals surface area (Å²) in [7, 11) is 0. The highest BCUT2D eigenvalue weighted by Crippen LogP contribution is 2.22. The van der Waals surface area contributed by atoms with Crippen molar-refractivity contribution in [3.63, 3.8) is 0 Å². The van der Waals surface area contributed by atoms with Gasteiger partial charge in [0.1, 0.15) is 5.78 Å². The standard InChI is InChI=1S/C12H23NO2/c1-4-12(15)9(2)13-7-5-11(6-8-13)10(3)14/h9-11,14H,4-8H2,1-3H3. The highest BCUT2D eigenvalue weighted by molar-refractivity contribution is 5.83. The van der Waals surface area contributed by atoms with E-state index in [1.807, 2.05) is 20.8 Å². The Balaban J connectivity index is 2.40. The molecule has 3 nitrogen and oxygen atoms in total. The summed E-state index contributed by atoms with van der Waals surface area (Å²) in [6.07, 6.45) is 2.44. The third-order valence-corrected chi connectivity index (χ3v) is 3.62. The first-order chi connectivity index (χ1) is 7.06. The highest BCUT2D eigenvalue weighted by Gasteiger charge is 2.27. The monoisotopic (exact) mass is 213 g/mol. The Hall–Kier alpha value is -0.410. The molecule has 0 aromatic heterocycles. The summed E-state index contributed by atoms with van der Waals surface area (Å²) in [5.41, 5.74) is 0. The lowest BCUT2D eigenvalue weighted by Crippen LogP contribution is -2.45. The topological polar surface area (TPSA) is 40.5 Å². The maximum atomic E-state index is 11.5. The van der Waals surface area contributed by atoms with E-state index >= 15 is 0 Å². The van der Waals surface area contributed by atoms with Gasteiger partial charge in [-0.2, -0.15) is 0 Å². The molecule has 1 heterocycles. The summed E-state index contributed by atoms with van der Waals surface area (Å²) in [5, 5.41) is 9.47. The minimum absolute atomic E-state index is 0.0601. The van der Waals surface area contributed by atoms with Crippen molar-refractivity contribution in [3.05, 3.63) is 0 Å². The van der Waals surface area contributed by atoms with Crippen LogP contribution in [0.2, 0.25) is 0 Å². The van der Waals surface area contributed by atoms with Gasteiger partial charge in [-0.1, -0.05) is 6.92 Å². The number of nitrogens with zero attached hydrogens (tertiary/aromatic N) is 1. The normalized spacial score (nSPS) is 23.7. The smallest absolute Gasteiger partial charge is 0.149 e. The highest BCUT2D eigenvalue weighted by atomic mass is 16.3. The van der Waals surface area contributed by atoms with Crippen molar-refractivity contribution in [3.8, 4) is 0 Å². The molecule has 3 heteroatoms. The van der Waals surface area contributed by atoms with Crippen molar-refractivity contribution < 1.29 is 9.90 Å². The van der Waals surface area contributed by atoms with E-state index in [2.05, 4.69) is 4.90 Å². The Kier molecular flexibility index (Phi) is 4.74. The van der Waals surface area contributed by atoms with Crippen molar-refractivity contribution in [2.24, 2.45) is 5.92 Å². The van der Waals surface area contributed by atoms with E-state index in [1.165, 1.54) is 0 Å². The van der Waals surface area contributed by atoms with Crippen LogP contribution < -0.4 is 0 Å². The predicted octanol–water partition coefficient (Wildman–Crippen LogP) is 1.45. The van der Waals surface area contributed by atoms with Crippen LogP contribution in [0.3, 0.4) is 0 Å². The molecule has 1 N–H and O–H groups in total. The number of likely N-dealkylation sites (tertiary alicyclic amines) is 1. The van der Waals surface area contributed by atoms with Crippen LogP contribution in [0, 0.1) is 5.92 Å². The second-order valence-corrected chi connectivity index (χ2v) is 4.61. The third kappa shape index (κ3) is 3.28. The van der Waals surface area contributed by atoms with Gasteiger partial charge in [-0.3, -0.25) is 9.69 Å². The largest absolute Gasteiger partial charge is 0.393 e. The molecule has 1 aliphatic heterocycles. The molecule has 2 atom stereocenters. The maximum absolute atomic E-state index is 11.5. The lowest BCUT2D eigenvalue weighted by atomic mass is 9.91. The Labute approximate surface area is 92.5 Å². The van der Waals surface area contributed by atoms with Crippen LogP contribution in [0.4, 0.5) is 0 Å². The van der Waals surface area contributed by atoms with Gasteiger partial charge in [-0.05, 0) is 45.7 Å². The van der Waals surface area contributed by atoms with Crippen LogP contribution in [-0.2, 0) is 4.79 Å². The zero-order valence-corrected chi connectivity index (χ0v) is 10.1. The molecular formula is C12H23NO2. The molecule has 0 aromatic rings. The molecule has 1 aliphatic rings. The summed E-state index contributed by atoms with van der Waals surface area (Å²) < 4.78 is 0. The van der Waals surface area contributed by atoms with E-state index in [1.54, 1.807) is 0 Å². The molecule has 0 aliphatic carbocycles. The van der Waals surface area contributed by atoms with E-state index in [-0.39, 0.29) is 12.1 Å². The number of carbonyl (C=O) groups is 1. The number of hydrogen-bond donors (Lipinski definition) is 1. The number of ketones is 1. The fraction of sp³-hybridized carbons (Fsp3) is 0.917. The van der Waals surface area contributed by atoms with Gasteiger partial charge >= 0.3 is 0 Å². The number of carbonyl (C=O) groups excluding carboxylic acids is 1. The van der Waals surface area contributed by atoms with Gasteiger partial charge in [0.05, 0.1) is 12.1 Å². The lowest BCUT2D eigenvalue weighted by Gasteiger charge is -2.36. The van der Waals surface area contributed by atoms with E-state index in [9.17, 15) is 9.90 Å². The maximum Gasteiger partial charge on any atom is 0.149 e. The molecular weight excluding hydrogens is 190 g/mol. The minimum Gasteiger partial charge on any atom is -0.393 e. The Bertz CT molecular complexity index is 208. The lowest BCUT2D eigenvalue weighted by molar-refractivity contribution is -0.124. The number of aliphatic hydroxyl groups excluding tert-OH is 1. The second kappa shape index (κ2) is 5.61. The van der Waals surface area contributed by atoms with Crippen LogP contribution in [0.1, 0.15) is 40.0 Å². The van der Waals surface area contributed by atoms with Crippen molar-refractivity contribution in [1.82, 2.24) is 4.90 Å². The summed E-state index contributed by atoms with van der Waals surface area (Å²) >= 11 is 0. The van der Waals surface area contributed by atoms with Crippen LogP contribution in [0.5, 0.6) is 0 Å². The number of rotatable bonds is 4.